The highest BCUT2D eigenvalue weighted by Crippen LogP contribution is 2.47. The van der Waals surface area contributed by atoms with Crippen molar-refractivity contribution < 1.29 is 19.1 Å². The van der Waals surface area contributed by atoms with E-state index in [2.05, 4.69) is 21.7 Å². The molecule has 3 heterocycles. The Balaban J connectivity index is 1.39. The smallest absolute Gasteiger partial charge is 0.271 e. The molecule has 1 spiro atoms. The third kappa shape index (κ3) is 4.52. The summed E-state index contributed by atoms with van der Waals surface area (Å²) in [6, 6.07) is 8.10. The summed E-state index contributed by atoms with van der Waals surface area (Å²) in [5, 5.41) is 16.1. The molecule has 1 aliphatic carbocycles. The van der Waals surface area contributed by atoms with Gasteiger partial charge in [-0.05, 0) is 55.7 Å². The predicted octanol–water partition coefficient (Wildman–Crippen LogP) is 2.88. The lowest BCUT2D eigenvalue weighted by atomic mass is 9.72. The van der Waals surface area contributed by atoms with E-state index in [0.717, 1.165) is 36.6 Å². The Bertz CT molecular complexity index is 1210. The van der Waals surface area contributed by atoms with Crippen LogP contribution in [0.2, 0.25) is 0 Å². The Kier molecular flexibility index (Phi) is 6.61. The molecule has 2 saturated heterocycles. The molecular formula is C27H33N5O4. The average Bonchev–Trinajstić information content (AvgIpc) is 3.60. The first-order valence-corrected chi connectivity index (χ1v) is 12.9. The number of fused-ring (bicyclic) bond motifs is 1. The molecule has 3 N–H and O–H groups in total. The molecule has 0 bridgehead atoms. The number of hydrogen-bond acceptors (Lipinski definition) is 5. The molecule has 1 saturated carbocycles. The van der Waals surface area contributed by atoms with Gasteiger partial charge in [-0.2, -0.15) is 5.26 Å². The second-order valence-corrected chi connectivity index (χ2v) is 10.5. The van der Waals surface area contributed by atoms with E-state index in [1.165, 1.54) is 6.42 Å². The highest BCUT2D eigenvalue weighted by Gasteiger charge is 2.49. The fourth-order valence-corrected chi connectivity index (χ4v) is 6.31. The number of aromatic amines is 1. The van der Waals surface area contributed by atoms with Gasteiger partial charge >= 0.3 is 0 Å². The van der Waals surface area contributed by atoms with E-state index in [-0.39, 0.29) is 35.5 Å². The van der Waals surface area contributed by atoms with Crippen LogP contribution in [0.25, 0.3) is 10.9 Å². The van der Waals surface area contributed by atoms with Crippen LogP contribution in [0.4, 0.5) is 0 Å². The van der Waals surface area contributed by atoms with E-state index >= 15 is 0 Å². The number of ether oxygens (including phenoxy) is 1. The van der Waals surface area contributed by atoms with Crippen LogP contribution in [0.3, 0.4) is 0 Å². The van der Waals surface area contributed by atoms with Crippen LogP contribution in [-0.2, 0) is 9.59 Å². The van der Waals surface area contributed by atoms with Crippen molar-refractivity contribution in [3.8, 4) is 11.8 Å². The van der Waals surface area contributed by atoms with Crippen LogP contribution in [0.1, 0.15) is 61.9 Å². The number of rotatable bonds is 6. The fraction of sp³-hybridized carbons (Fsp3) is 0.556. The summed E-state index contributed by atoms with van der Waals surface area (Å²) in [6.45, 7) is 1.12. The second kappa shape index (κ2) is 9.84. The molecule has 5 rings (SSSR count). The van der Waals surface area contributed by atoms with Gasteiger partial charge in [0, 0.05) is 29.9 Å². The quantitative estimate of drug-likeness (QED) is 0.573. The summed E-state index contributed by atoms with van der Waals surface area (Å²) in [6.07, 6.45) is 6.88. The first-order valence-electron chi connectivity index (χ1n) is 12.9. The van der Waals surface area contributed by atoms with Gasteiger partial charge in [-0.25, -0.2) is 0 Å². The van der Waals surface area contributed by atoms with Gasteiger partial charge in [-0.15, -0.1) is 0 Å². The van der Waals surface area contributed by atoms with Crippen molar-refractivity contribution in [1.29, 1.82) is 5.26 Å². The van der Waals surface area contributed by atoms with Crippen LogP contribution in [-0.4, -0.2) is 59.9 Å². The molecule has 36 heavy (non-hydrogen) atoms. The number of aromatic nitrogens is 1. The van der Waals surface area contributed by atoms with Crippen molar-refractivity contribution in [2.45, 2.75) is 63.5 Å². The van der Waals surface area contributed by atoms with Crippen LogP contribution >= 0.6 is 0 Å². The summed E-state index contributed by atoms with van der Waals surface area (Å²) in [5.41, 5.74) is 1.14. The molecule has 0 radical (unpaired) electrons. The van der Waals surface area contributed by atoms with Gasteiger partial charge < -0.3 is 25.3 Å². The second-order valence-electron chi connectivity index (χ2n) is 10.5. The van der Waals surface area contributed by atoms with Crippen molar-refractivity contribution >= 4 is 28.6 Å². The number of nitrogens with zero attached hydrogens (tertiary/aromatic N) is 2. The molecule has 3 fully saturated rings. The Morgan fingerprint density at radius 2 is 2.11 bits per heavy atom. The van der Waals surface area contributed by atoms with Gasteiger partial charge in [-0.3, -0.25) is 14.4 Å². The number of hydrogen-bond donors (Lipinski definition) is 3. The number of amides is 3. The molecule has 9 nitrogen and oxygen atoms in total. The minimum Gasteiger partial charge on any atom is -0.496 e. The number of methoxy groups -OCH3 is 1. The van der Waals surface area contributed by atoms with Gasteiger partial charge in [0.15, 0.2) is 0 Å². The van der Waals surface area contributed by atoms with Crippen molar-refractivity contribution in [3.05, 3.63) is 30.0 Å². The average molecular weight is 492 g/mol. The van der Waals surface area contributed by atoms with Crippen LogP contribution < -0.4 is 15.4 Å². The van der Waals surface area contributed by atoms with Gasteiger partial charge in [0.2, 0.25) is 11.8 Å². The molecule has 1 aromatic heterocycles. The lowest BCUT2D eigenvalue weighted by Gasteiger charge is -2.32. The number of nitriles is 1. The maximum atomic E-state index is 13.8. The summed E-state index contributed by atoms with van der Waals surface area (Å²) in [7, 11) is 1.59. The first kappa shape index (κ1) is 24.2. The maximum Gasteiger partial charge on any atom is 0.271 e. The zero-order chi connectivity index (χ0) is 25.3. The van der Waals surface area contributed by atoms with Crippen molar-refractivity contribution in [1.82, 2.24) is 20.5 Å². The number of nitrogens with one attached hydrogen (secondary N) is 3. The minimum atomic E-state index is -0.774. The molecular weight excluding hydrogens is 458 g/mol. The van der Waals surface area contributed by atoms with Gasteiger partial charge in [0.25, 0.3) is 5.91 Å². The number of benzene rings is 1. The van der Waals surface area contributed by atoms with E-state index in [1.54, 1.807) is 18.1 Å². The number of likely N-dealkylation sites (tertiary alicyclic amines) is 1. The summed E-state index contributed by atoms with van der Waals surface area (Å²) in [4.78, 5) is 44.2. The highest BCUT2D eigenvalue weighted by atomic mass is 16.5. The zero-order valence-electron chi connectivity index (χ0n) is 20.6. The predicted molar refractivity (Wildman–Crippen MR) is 133 cm³/mol. The highest BCUT2D eigenvalue weighted by molar-refractivity contribution is 6.02. The van der Waals surface area contributed by atoms with Gasteiger partial charge in [0.1, 0.15) is 23.5 Å². The molecule has 1 aromatic carbocycles. The molecule has 2 aliphatic heterocycles. The Hall–Kier alpha value is -3.54. The van der Waals surface area contributed by atoms with E-state index in [4.69, 9.17) is 4.74 Å². The largest absolute Gasteiger partial charge is 0.496 e. The standard InChI is InChI=1S/C27H33N5O4/c1-36-23-7-5-6-20-19(23)13-21(31-20)26(35)32-16-27(9-3-2-4-10-27)14-22(32)25(34)30-18(15-28)12-17-8-11-29-24(17)33/h5-7,13,17-18,22,31H,2-4,8-12,14,16H2,1H3,(H,29,33)(H,30,34). The van der Waals surface area contributed by atoms with Gasteiger partial charge in [-0.1, -0.05) is 25.3 Å². The van der Waals surface area contributed by atoms with Crippen LogP contribution in [0.15, 0.2) is 24.3 Å². The molecule has 2 aromatic rings. The molecule has 3 aliphatic rings. The number of carbonyl (C=O) groups excluding carboxylic acids is 3. The fourth-order valence-electron chi connectivity index (χ4n) is 6.31. The molecule has 190 valence electrons. The third-order valence-corrected chi connectivity index (χ3v) is 8.22. The number of carbonyl (C=O) groups is 3. The third-order valence-electron chi connectivity index (χ3n) is 8.22. The van der Waals surface area contributed by atoms with E-state index < -0.39 is 12.1 Å². The van der Waals surface area contributed by atoms with Crippen molar-refractivity contribution in [3.63, 3.8) is 0 Å². The van der Waals surface area contributed by atoms with Gasteiger partial charge in [0.05, 0.1) is 13.2 Å². The summed E-state index contributed by atoms with van der Waals surface area (Å²) >= 11 is 0. The summed E-state index contributed by atoms with van der Waals surface area (Å²) < 4.78 is 5.45. The monoisotopic (exact) mass is 491 g/mol. The Morgan fingerprint density at radius 1 is 1.31 bits per heavy atom. The lowest BCUT2D eigenvalue weighted by Crippen LogP contribution is -2.49. The first-order chi connectivity index (χ1) is 17.4. The molecule has 3 atom stereocenters. The zero-order valence-corrected chi connectivity index (χ0v) is 20.6. The number of H-pyrrole nitrogens is 1. The summed E-state index contributed by atoms with van der Waals surface area (Å²) in [5.74, 6) is -0.209. The molecule has 3 unspecified atom stereocenters. The van der Waals surface area contributed by atoms with Crippen LogP contribution in [0.5, 0.6) is 5.75 Å². The normalized spacial score (nSPS) is 23.9. The Morgan fingerprint density at radius 3 is 2.81 bits per heavy atom. The topological polar surface area (TPSA) is 127 Å². The SMILES string of the molecule is COc1cccc2[nH]c(C(=O)N3CC4(CCCCC4)CC3C(=O)NC(C#N)CC3CCNC3=O)cc12. The Labute approximate surface area is 210 Å². The van der Waals surface area contributed by atoms with E-state index in [0.29, 0.717) is 37.4 Å². The molecule has 3 amide bonds. The lowest BCUT2D eigenvalue weighted by molar-refractivity contribution is -0.126. The molecule has 9 heteroatoms. The van der Waals surface area contributed by atoms with Crippen molar-refractivity contribution in [2.75, 3.05) is 20.2 Å². The minimum absolute atomic E-state index is 0.0717. The van der Waals surface area contributed by atoms with E-state index in [1.807, 2.05) is 18.2 Å². The van der Waals surface area contributed by atoms with Crippen LogP contribution in [0, 0.1) is 22.7 Å². The maximum absolute atomic E-state index is 13.8. The van der Waals surface area contributed by atoms with Crippen molar-refractivity contribution in [2.24, 2.45) is 11.3 Å². The van der Waals surface area contributed by atoms with E-state index in [9.17, 15) is 19.6 Å².